The van der Waals surface area contributed by atoms with Crippen molar-refractivity contribution in [2.75, 3.05) is 26.4 Å². The molecule has 0 aliphatic carbocycles. The monoisotopic (exact) mass is 893 g/mol. The molecule has 6 heteroatoms. The minimum absolute atomic E-state index is 0.152. The third-order valence-electron chi connectivity index (χ3n) is 12.8. The predicted octanol–water partition coefficient (Wildman–Crippen LogP) is 19.4. The number of hydrogen-bond donors (Lipinski definition) is 0. The molecule has 0 N–H and O–H groups in total. The number of rotatable bonds is 56. The van der Waals surface area contributed by atoms with Crippen LogP contribution in [0.15, 0.2) is 12.2 Å². The average molecular weight is 894 g/mol. The normalized spacial score (nSPS) is 11.8. The summed E-state index contributed by atoms with van der Waals surface area (Å²) in [5.41, 5.74) is 0. The molecule has 0 unspecified atom stereocenters. The van der Waals surface area contributed by atoms with Crippen LogP contribution in [0.1, 0.15) is 316 Å². The molecule has 0 heterocycles. The maximum absolute atomic E-state index is 12.8. The molecule has 0 fully saturated rings. The lowest BCUT2D eigenvalue weighted by Crippen LogP contribution is -2.29. The number of hydrogen-bond acceptors (Lipinski definition) is 6. The largest absolute Gasteiger partial charge is 0.457 e. The van der Waals surface area contributed by atoms with Gasteiger partial charge >= 0.3 is 5.97 Å². The summed E-state index contributed by atoms with van der Waals surface area (Å²) in [5, 5.41) is 0. The summed E-state index contributed by atoms with van der Waals surface area (Å²) in [5.74, 6) is -0.194. The Balaban J connectivity index is 4.10. The first kappa shape index (κ1) is 62.1. The summed E-state index contributed by atoms with van der Waals surface area (Å²) in [6.45, 7) is 8.28. The van der Waals surface area contributed by atoms with Gasteiger partial charge in [0.1, 0.15) is 13.2 Å². The Morgan fingerprint density at radius 2 is 0.571 bits per heavy atom. The van der Waals surface area contributed by atoms with Crippen LogP contribution in [0.4, 0.5) is 0 Å². The Morgan fingerprint density at radius 1 is 0.317 bits per heavy atom. The zero-order chi connectivity index (χ0) is 45.5. The van der Waals surface area contributed by atoms with Crippen molar-refractivity contribution in [2.24, 2.45) is 0 Å². The van der Waals surface area contributed by atoms with E-state index >= 15 is 0 Å². The van der Waals surface area contributed by atoms with Gasteiger partial charge in [-0.1, -0.05) is 277 Å². The number of carbonyl (C=O) groups excluding carboxylic acids is 1. The average Bonchev–Trinajstić information content (AvgIpc) is 3.29. The SMILES string of the molecule is CCCCCCCCC=CCCCCCCCC(=O)OC(COOCCCCCCCCCCCCCCCCCC)COOCCCCCCCCCCCCCCCCCC. The molecule has 0 saturated carbocycles. The van der Waals surface area contributed by atoms with E-state index < -0.39 is 6.10 Å². The molecule has 0 aromatic rings. The molecule has 0 saturated heterocycles. The number of unbranched alkanes of at least 4 members (excludes halogenated alkanes) is 41. The Kier molecular flexibility index (Phi) is 56.3. The van der Waals surface area contributed by atoms with E-state index in [0.717, 1.165) is 44.9 Å². The second-order valence-corrected chi connectivity index (χ2v) is 19.3. The summed E-state index contributed by atoms with van der Waals surface area (Å²) in [6.07, 6.45) is 63.8. The highest BCUT2D eigenvalue weighted by Crippen LogP contribution is 2.16. The van der Waals surface area contributed by atoms with Crippen LogP contribution in [0.25, 0.3) is 0 Å². The van der Waals surface area contributed by atoms with Gasteiger partial charge < -0.3 is 4.74 Å². The first-order valence-corrected chi connectivity index (χ1v) is 28.6. The van der Waals surface area contributed by atoms with E-state index in [-0.39, 0.29) is 19.2 Å². The van der Waals surface area contributed by atoms with Gasteiger partial charge in [-0.25, -0.2) is 19.6 Å². The van der Waals surface area contributed by atoms with Crippen LogP contribution >= 0.6 is 0 Å². The number of allylic oxidation sites excluding steroid dienone is 2. The van der Waals surface area contributed by atoms with E-state index in [1.807, 2.05) is 0 Å². The van der Waals surface area contributed by atoms with Crippen molar-refractivity contribution >= 4 is 5.97 Å². The van der Waals surface area contributed by atoms with Crippen molar-refractivity contribution in [1.82, 2.24) is 0 Å². The molecule has 6 nitrogen and oxygen atoms in total. The number of esters is 1. The lowest BCUT2D eigenvalue weighted by atomic mass is 10.0. The minimum atomic E-state index is -0.544. The highest BCUT2D eigenvalue weighted by molar-refractivity contribution is 5.69. The molecule has 0 aliphatic heterocycles. The Hall–Kier alpha value is -0.950. The van der Waals surface area contributed by atoms with Crippen molar-refractivity contribution in [1.29, 1.82) is 0 Å². The molecular formula is C57H112O6. The maximum atomic E-state index is 12.8. The summed E-state index contributed by atoms with van der Waals surface area (Å²) >= 11 is 0. The molecule has 0 amide bonds. The Labute approximate surface area is 394 Å². The van der Waals surface area contributed by atoms with Crippen LogP contribution in [-0.4, -0.2) is 38.5 Å². The topological polar surface area (TPSA) is 63.2 Å². The second kappa shape index (κ2) is 57.2. The first-order chi connectivity index (χ1) is 31.2. The highest BCUT2D eigenvalue weighted by Gasteiger charge is 2.17. The van der Waals surface area contributed by atoms with E-state index in [4.69, 9.17) is 24.3 Å². The number of carbonyl (C=O) groups is 1. The Morgan fingerprint density at radius 3 is 0.873 bits per heavy atom. The molecule has 63 heavy (non-hydrogen) atoms. The maximum Gasteiger partial charge on any atom is 0.306 e. The van der Waals surface area contributed by atoms with Gasteiger partial charge in [-0.2, -0.15) is 0 Å². The van der Waals surface area contributed by atoms with Gasteiger partial charge in [0.15, 0.2) is 6.10 Å². The van der Waals surface area contributed by atoms with Crippen molar-refractivity contribution in [3.63, 3.8) is 0 Å². The third-order valence-corrected chi connectivity index (χ3v) is 12.8. The Bertz CT molecular complexity index is 822. The molecule has 0 atom stereocenters. The van der Waals surface area contributed by atoms with Crippen LogP contribution in [-0.2, 0) is 29.1 Å². The number of ether oxygens (including phenoxy) is 1. The lowest BCUT2D eigenvalue weighted by Gasteiger charge is -2.17. The second-order valence-electron chi connectivity index (χ2n) is 19.3. The predicted molar refractivity (Wildman–Crippen MR) is 272 cm³/mol. The van der Waals surface area contributed by atoms with Gasteiger partial charge in [-0.05, 0) is 44.9 Å². The van der Waals surface area contributed by atoms with Crippen LogP contribution in [0.2, 0.25) is 0 Å². The molecule has 0 bridgehead atoms. The van der Waals surface area contributed by atoms with Crippen LogP contribution in [0, 0.1) is 0 Å². The van der Waals surface area contributed by atoms with Crippen molar-refractivity contribution in [2.45, 2.75) is 322 Å². The minimum Gasteiger partial charge on any atom is -0.457 e. The van der Waals surface area contributed by atoms with Gasteiger partial charge in [0, 0.05) is 6.42 Å². The molecular weight excluding hydrogens is 781 g/mol. The molecule has 0 aromatic carbocycles. The first-order valence-electron chi connectivity index (χ1n) is 28.6. The highest BCUT2D eigenvalue weighted by atomic mass is 17.2. The van der Waals surface area contributed by atoms with Crippen molar-refractivity contribution < 1.29 is 29.1 Å². The molecule has 0 aliphatic rings. The van der Waals surface area contributed by atoms with Crippen LogP contribution < -0.4 is 0 Å². The van der Waals surface area contributed by atoms with E-state index in [1.54, 1.807) is 0 Å². The van der Waals surface area contributed by atoms with Gasteiger partial charge in [0.2, 0.25) is 0 Å². The fourth-order valence-corrected chi connectivity index (χ4v) is 8.49. The summed E-state index contributed by atoms with van der Waals surface area (Å²) in [6, 6.07) is 0. The van der Waals surface area contributed by atoms with Crippen LogP contribution in [0.5, 0.6) is 0 Å². The summed E-state index contributed by atoms with van der Waals surface area (Å²) in [4.78, 5) is 34.8. The standard InChI is InChI=1S/C57H112O6/c1-4-7-10-13-16-19-22-25-28-31-34-37-40-43-46-49-52-59-61-54-56(63-57(58)51-48-45-42-39-36-33-30-27-24-21-18-15-12-9-6-3)55-62-60-53-50-47-44-41-38-35-32-29-26-23-20-17-14-11-8-5-2/h27,30,56H,4-26,28-29,31-55H2,1-3H3. The fraction of sp³-hybridized carbons (Fsp3) is 0.947. The lowest BCUT2D eigenvalue weighted by molar-refractivity contribution is -0.333. The molecule has 0 spiro atoms. The molecule has 0 aromatic heterocycles. The smallest absolute Gasteiger partial charge is 0.306 e. The zero-order valence-electron chi connectivity index (χ0n) is 43.0. The van der Waals surface area contributed by atoms with E-state index in [1.165, 1.54) is 244 Å². The van der Waals surface area contributed by atoms with Crippen LogP contribution in [0.3, 0.4) is 0 Å². The zero-order valence-corrected chi connectivity index (χ0v) is 43.0. The molecule has 0 radical (unpaired) electrons. The van der Waals surface area contributed by atoms with E-state index in [0.29, 0.717) is 19.6 Å². The van der Waals surface area contributed by atoms with E-state index in [9.17, 15) is 4.79 Å². The van der Waals surface area contributed by atoms with E-state index in [2.05, 4.69) is 32.9 Å². The summed E-state index contributed by atoms with van der Waals surface area (Å²) < 4.78 is 5.79. The molecule has 376 valence electrons. The van der Waals surface area contributed by atoms with Gasteiger partial charge in [-0.15, -0.1) is 0 Å². The quantitative estimate of drug-likeness (QED) is 0.0199. The van der Waals surface area contributed by atoms with Gasteiger partial charge in [0.25, 0.3) is 0 Å². The van der Waals surface area contributed by atoms with Crippen molar-refractivity contribution in [3.05, 3.63) is 12.2 Å². The fourth-order valence-electron chi connectivity index (χ4n) is 8.49. The van der Waals surface area contributed by atoms with Crippen molar-refractivity contribution in [3.8, 4) is 0 Å². The molecule has 0 rings (SSSR count). The third kappa shape index (κ3) is 55.3. The van der Waals surface area contributed by atoms with Gasteiger partial charge in [-0.3, -0.25) is 4.79 Å². The summed E-state index contributed by atoms with van der Waals surface area (Å²) in [7, 11) is 0. The van der Waals surface area contributed by atoms with Gasteiger partial charge in [0.05, 0.1) is 13.2 Å².